The average molecular weight is 211 g/mol. The van der Waals surface area contributed by atoms with Gasteiger partial charge in [-0.1, -0.05) is 11.2 Å². The number of nitrogens with two attached hydrogens (primary N) is 1. The second-order valence-electron chi connectivity index (χ2n) is 2.94. The van der Waals surface area contributed by atoms with E-state index in [1.807, 2.05) is 0 Å². The van der Waals surface area contributed by atoms with Crippen molar-refractivity contribution in [1.29, 1.82) is 0 Å². The lowest BCUT2D eigenvalue weighted by Gasteiger charge is -2.07. The molecular weight excluding hydrogens is 204 g/mol. The monoisotopic (exact) mass is 211 g/mol. The van der Waals surface area contributed by atoms with Crippen molar-refractivity contribution in [2.45, 2.75) is 6.04 Å². The number of halogens is 2. The lowest BCUT2D eigenvalue weighted by atomic mass is 10.1. The van der Waals surface area contributed by atoms with Gasteiger partial charge in [-0.15, -0.1) is 0 Å². The largest absolute Gasteiger partial charge is 0.343 e. The third-order valence-electron chi connectivity index (χ3n) is 1.96. The van der Waals surface area contributed by atoms with Crippen molar-refractivity contribution in [2.24, 2.45) is 5.73 Å². The molecule has 2 aromatic rings. The molecule has 0 saturated carbocycles. The average Bonchev–Trinajstić information content (AvgIpc) is 2.74. The summed E-state index contributed by atoms with van der Waals surface area (Å²) >= 11 is 0. The maximum atomic E-state index is 12.9. The van der Waals surface area contributed by atoms with Crippen LogP contribution in [0.1, 0.15) is 17.4 Å². The van der Waals surface area contributed by atoms with Crippen LogP contribution in [0.5, 0.6) is 0 Å². The van der Waals surface area contributed by atoms with E-state index in [1.165, 1.54) is 6.07 Å². The van der Waals surface area contributed by atoms with E-state index < -0.39 is 17.7 Å². The van der Waals surface area contributed by atoms with Crippen LogP contribution >= 0.6 is 0 Å². The normalized spacial score (nSPS) is 12.7. The minimum atomic E-state index is -0.952. The Bertz CT molecular complexity index is 458. The van der Waals surface area contributed by atoms with Gasteiger partial charge in [-0.25, -0.2) is 8.78 Å². The van der Waals surface area contributed by atoms with E-state index in [0.29, 0.717) is 5.56 Å². The van der Waals surface area contributed by atoms with E-state index in [4.69, 9.17) is 5.73 Å². The van der Waals surface area contributed by atoms with E-state index in [0.717, 1.165) is 18.5 Å². The number of hydrogen-bond donors (Lipinski definition) is 1. The lowest BCUT2D eigenvalue weighted by Crippen LogP contribution is -2.13. The highest BCUT2D eigenvalue weighted by Crippen LogP contribution is 2.18. The van der Waals surface area contributed by atoms with E-state index in [2.05, 4.69) is 14.7 Å². The molecule has 0 fully saturated rings. The summed E-state index contributed by atoms with van der Waals surface area (Å²) in [4.78, 5) is 3.73. The van der Waals surface area contributed by atoms with Crippen molar-refractivity contribution in [3.8, 4) is 0 Å². The minimum Gasteiger partial charge on any atom is -0.343 e. The van der Waals surface area contributed by atoms with Gasteiger partial charge in [-0.2, -0.15) is 4.98 Å². The maximum Gasteiger partial charge on any atom is 0.213 e. The Hall–Kier alpha value is -1.82. The first-order valence-electron chi connectivity index (χ1n) is 4.15. The fraction of sp³-hybridized carbons (Fsp3) is 0.111. The Kier molecular flexibility index (Phi) is 2.42. The number of benzene rings is 1. The van der Waals surface area contributed by atoms with Crippen molar-refractivity contribution in [3.63, 3.8) is 0 Å². The minimum absolute atomic E-state index is 0.223. The summed E-state index contributed by atoms with van der Waals surface area (Å²) in [7, 11) is 0. The molecule has 4 nitrogen and oxygen atoms in total. The zero-order valence-corrected chi connectivity index (χ0v) is 7.52. The van der Waals surface area contributed by atoms with Crippen molar-refractivity contribution in [3.05, 3.63) is 47.6 Å². The maximum absolute atomic E-state index is 12.9. The second kappa shape index (κ2) is 3.74. The number of hydrogen-bond acceptors (Lipinski definition) is 4. The first-order chi connectivity index (χ1) is 7.18. The van der Waals surface area contributed by atoms with Gasteiger partial charge in [-0.3, -0.25) is 0 Å². The standard InChI is InChI=1S/C9H7F2N3O/c10-6-2-1-5(3-7(6)11)8(12)9-13-4-15-14-9/h1-4,8H,12H2/t8-/m0/s1. The molecule has 0 saturated heterocycles. The lowest BCUT2D eigenvalue weighted by molar-refractivity contribution is 0.407. The first-order valence-corrected chi connectivity index (χ1v) is 4.15. The smallest absolute Gasteiger partial charge is 0.213 e. The van der Waals surface area contributed by atoms with E-state index in [9.17, 15) is 8.78 Å². The van der Waals surface area contributed by atoms with Gasteiger partial charge in [0.2, 0.25) is 6.39 Å². The number of aromatic nitrogens is 2. The summed E-state index contributed by atoms with van der Waals surface area (Å²) in [6.07, 6.45) is 1.12. The molecule has 0 unspecified atom stereocenters. The molecule has 6 heteroatoms. The van der Waals surface area contributed by atoms with Gasteiger partial charge in [0.05, 0.1) is 6.04 Å². The van der Waals surface area contributed by atoms with Crippen molar-refractivity contribution < 1.29 is 13.3 Å². The van der Waals surface area contributed by atoms with Crippen molar-refractivity contribution >= 4 is 0 Å². The van der Waals surface area contributed by atoms with Crippen LogP contribution in [0.4, 0.5) is 8.78 Å². The molecule has 2 N–H and O–H groups in total. The summed E-state index contributed by atoms with van der Waals surface area (Å²) in [6, 6.07) is 2.67. The first kappa shape index (κ1) is 9.72. The molecule has 0 radical (unpaired) electrons. The Morgan fingerprint density at radius 2 is 2.07 bits per heavy atom. The fourth-order valence-corrected chi connectivity index (χ4v) is 1.17. The fourth-order valence-electron chi connectivity index (χ4n) is 1.17. The molecular formula is C9H7F2N3O. The Labute approximate surface area is 83.7 Å². The molecule has 0 aliphatic rings. The topological polar surface area (TPSA) is 64.9 Å². The molecule has 0 aliphatic heterocycles. The Morgan fingerprint density at radius 1 is 1.27 bits per heavy atom. The molecule has 1 atom stereocenters. The zero-order valence-electron chi connectivity index (χ0n) is 7.52. The van der Waals surface area contributed by atoms with Gasteiger partial charge >= 0.3 is 0 Å². The molecule has 0 spiro atoms. The van der Waals surface area contributed by atoms with Crippen LogP contribution < -0.4 is 5.73 Å². The molecule has 15 heavy (non-hydrogen) atoms. The molecule has 78 valence electrons. The number of nitrogens with zero attached hydrogens (tertiary/aromatic N) is 2. The van der Waals surface area contributed by atoms with Crippen molar-refractivity contribution in [1.82, 2.24) is 10.1 Å². The molecule has 1 heterocycles. The molecule has 1 aromatic carbocycles. The van der Waals surface area contributed by atoms with E-state index in [1.54, 1.807) is 0 Å². The molecule has 1 aromatic heterocycles. The van der Waals surface area contributed by atoms with Crippen LogP contribution in [0, 0.1) is 11.6 Å². The summed E-state index contributed by atoms with van der Waals surface area (Å²) < 4.78 is 30.0. The highest BCUT2D eigenvalue weighted by atomic mass is 19.2. The van der Waals surface area contributed by atoms with Crippen LogP contribution in [0.15, 0.2) is 29.1 Å². The molecule has 0 bridgehead atoms. The predicted molar refractivity (Wildman–Crippen MR) is 46.7 cm³/mol. The van der Waals surface area contributed by atoms with E-state index in [-0.39, 0.29) is 5.82 Å². The molecule has 2 rings (SSSR count). The highest BCUT2D eigenvalue weighted by molar-refractivity contribution is 5.25. The van der Waals surface area contributed by atoms with Gasteiger partial charge in [0.1, 0.15) is 0 Å². The van der Waals surface area contributed by atoms with Gasteiger partial charge in [0.25, 0.3) is 0 Å². The van der Waals surface area contributed by atoms with Gasteiger partial charge in [0.15, 0.2) is 17.5 Å². The van der Waals surface area contributed by atoms with Gasteiger partial charge < -0.3 is 10.3 Å². The SMILES string of the molecule is N[C@@H](c1ccc(F)c(F)c1)c1ncon1. The molecule has 0 aliphatic carbocycles. The van der Waals surface area contributed by atoms with Crippen LogP contribution in [-0.2, 0) is 0 Å². The van der Waals surface area contributed by atoms with Crippen LogP contribution in [0.2, 0.25) is 0 Å². The van der Waals surface area contributed by atoms with Gasteiger partial charge in [-0.05, 0) is 17.7 Å². The summed E-state index contributed by atoms with van der Waals surface area (Å²) in [5.74, 6) is -1.65. The summed E-state index contributed by atoms with van der Waals surface area (Å²) in [6.45, 7) is 0. The third kappa shape index (κ3) is 1.84. The van der Waals surface area contributed by atoms with Crippen molar-refractivity contribution in [2.75, 3.05) is 0 Å². The zero-order chi connectivity index (χ0) is 10.8. The summed E-state index contributed by atoms with van der Waals surface area (Å²) in [5.41, 5.74) is 6.09. The quantitative estimate of drug-likeness (QED) is 0.815. The Balaban J connectivity index is 2.34. The number of rotatable bonds is 2. The van der Waals surface area contributed by atoms with Crippen LogP contribution in [0.25, 0.3) is 0 Å². The van der Waals surface area contributed by atoms with Crippen LogP contribution in [-0.4, -0.2) is 10.1 Å². The van der Waals surface area contributed by atoms with E-state index >= 15 is 0 Å². The Morgan fingerprint density at radius 3 is 2.67 bits per heavy atom. The van der Waals surface area contributed by atoms with Crippen LogP contribution in [0.3, 0.4) is 0 Å². The summed E-state index contributed by atoms with van der Waals surface area (Å²) in [5, 5.41) is 3.52. The molecule has 0 amide bonds. The second-order valence-corrected chi connectivity index (χ2v) is 2.94. The third-order valence-corrected chi connectivity index (χ3v) is 1.96. The predicted octanol–water partition coefficient (Wildman–Crippen LogP) is 1.40. The highest BCUT2D eigenvalue weighted by Gasteiger charge is 2.15. The van der Waals surface area contributed by atoms with Gasteiger partial charge in [0, 0.05) is 0 Å².